The van der Waals surface area contributed by atoms with Crippen LogP contribution in [0.5, 0.6) is 5.75 Å². The fourth-order valence-electron chi connectivity index (χ4n) is 4.41. The van der Waals surface area contributed by atoms with Crippen molar-refractivity contribution in [2.45, 2.75) is 31.6 Å². The Morgan fingerprint density at radius 1 is 1.21 bits per heavy atom. The number of thioether (sulfide) groups is 1. The van der Waals surface area contributed by atoms with Crippen molar-refractivity contribution >= 4 is 29.6 Å². The van der Waals surface area contributed by atoms with Gasteiger partial charge in [-0.2, -0.15) is 11.8 Å². The third kappa shape index (κ3) is 5.94. The second-order valence-electron chi connectivity index (χ2n) is 8.38. The maximum absolute atomic E-state index is 13.3. The quantitative estimate of drug-likeness (QED) is 0.490. The molecule has 2 atom stereocenters. The van der Waals surface area contributed by atoms with Gasteiger partial charge in [-0.15, -0.1) is 0 Å². The molecular formula is C23H35N5O5S. The highest BCUT2D eigenvalue weighted by Crippen LogP contribution is 2.28. The third-order valence-corrected chi connectivity index (χ3v) is 6.77. The Balaban J connectivity index is 1.79. The minimum atomic E-state index is -0.577. The molecule has 2 saturated heterocycles. The van der Waals surface area contributed by atoms with E-state index in [-0.39, 0.29) is 30.9 Å². The average molecular weight is 494 g/mol. The van der Waals surface area contributed by atoms with Crippen LogP contribution < -0.4 is 10.1 Å². The van der Waals surface area contributed by atoms with Gasteiger partial charge in [-0.25, -0.2) is 14.8 Å². The Morgan fingerprint density at radius 3 is 2.59 bits per heavy atom. The molecule has 0 bridgehead atoms. The minimum Gasteiger partial charge on any atom is -0.497 e. The predicted molar refractivity (Wildman–Crippen MR) is 130 cm³/mol. The Kier molecular flexibility index (Phi) is 9.43. The van der Waals surface area contributed by atoms with Gasteiger partial charge >= 0.3 is 6.03 Å². The van der Waals surface area contributed by atoms with Crippen LogP contribution in [-0.2, 0) is 20.9 Å². The first-order chi connectivity index (χ1) is 16.4. The molecule has 0 saturated carbocycles. The summed E-state index contributed by atoms with van der Waals surface area (Å²) < 4.78 is 10.3. The zero-order valence-electron chi connectivity index (χ0n) is 20.4. The fraction of sp³-hybridized carbons (Fsp3) is 0.609. The lowest BCUT2D eigenvalue weighted by Gasteiger charge is -2.54. The number of likely N-dealkylation sites (N-methyl/N-ethyl adjacent to an activating group) is 1. The number of hydrogen-bond donors (Lipinski definition) is 1. The maximum atomic E-state index is 13.3. The summed E-state index contributed by atoms with van der Waals surface area (Å²) in [4.78, 5) is 43.0. The van der Waals surface area contributed by atoms with Gasteiger partial charge in [-0.3, -0.25) is 9.59 Å². The number of hydrazine groups is 1. The molecule has 0 spiro atoms. The third-order valence-electron chi connectivity index (χ3n) is 6.12. The molecule has 188 valence electrons. The Hall–Kier alpha value is -2.50. The van der Waals surface area contributed by atoms with Gasteiger partial charge in [0.15, 0.2) is 0 Å². The molecule has 2 aliphatic rings. The summed E-state index contributed by atoms with van der Waals surface area (Å²) in [7, 11) is 4.96. The summed E-state index contributed by atoms with van der Waals surface area (Å²) in [6.45, 7) is 1.70. The number of fused-ring (bicyclic) bond motifs is 1. The fourth-order valence-corrected chi connectivity index (χ4v) is 4.87. The molecule has 0 aliphatic carbocycles. The van der Waals surface area contributed by atoms with Crippen molar-refractivity contribution in [3.63, 3.8) is 0 Å². The van der Waals surface area contributed by atoms with Crippen LogP contribution in [0.2, 0.25) is 0 Å². The van der Waals surface area contributed by atoms with E-state index in [0.717, 1.165) is 17.1 Å². The van der Waals surface area contributed by atoms with E-state index >= 15 is 0 Å². The van der Waals surface area contributed by atoms with Gasteiger partial charge < -0.3 is 24.6 Å². The summed E-state index contributed by atoms with van der Waals surface area (Å²) in [5.74, 6) is 1.30. The molecule has 1 aromatic rings. The highest BCUT2D eigenvalue weighted by atomic mass is 32.2. The van der Waals surface area contributed by atoms with E-state index in [0.29, 0.717) is 32.5 Å². The molecule has 1 aromatic carbocycles. The number of methoxy groups -OCH3 is 2. The number of hydrogen-bond acceptors (Lipinski definition) is 7. The zero-order valence-corrected chi connectivity index (χ0v) is 21.2. The lowest BCUT2D eigenvalue weighted by Crippen LogP contribution is -2.76. The van der Waals surface area contributed by atoms with Gasteiger partial charge in [0.1, 0.15) is 18.0 Å². The number of piperazine rings is 1. The van der Waals surface area contributed by atoms with Crippen LogP contribution in [0.4, 0.5) is 4.79 Å². The highest BCUT2D eigenvalue weighted by Gasteiger charge is 2.50. The first kappa shape index (κ1) is 26.1. The molecule has 1 N–H and O–H groups in total. The van der Waals surface area contributed by atoms with E-state index in [9.17, 15) is 14.4 Å². The van der Waals surface area contributed by atoms with Crippen LogP contribution in [-0.4, -0.2) is 109 Å². The van der Waals surface area contributed by atoms with Crippen LogP contribution in [0.1, 0.15) is 18.4 Å². The number of ether oxygens (including phenoxy) is 2. The van der Waals surface area contributed by atoms with Gasteiger partial charge in [-0.05, 0) is 42.5 Å². The molecule has 0 aromatic heterocycles. The van der Waals surface area contributed by atoms with Gasteiger partial charge in [0.05, 0.1) is 20.2 Å². The van der Waals surface area contributed by atoms with Crippen LogP contribution >= 0.6 is 11.8 Å². The summed E-state index contributed by atoms with van der Waals surface area (Å²) in [5.41, 5.74) is 0.930. The van der Waals surface area contributed by atoms with Crippen molar-refractivity contribution in [2.75, 3.05) is 59.5 Å². The molecular weight excluding hydrogens is 458 g/mol. The second kappa shape index (κ2) is 12.3. The Morgan fingerprint density at radius 2 is 1.94 bits per heavy atom. The summed E-state index contributed by atoms with van der Waals surface area (Å²) in [6.07, 6.45) is 2.66. The smallest absolute Gasteiger partial charge is 0.334 e. The number of amides is 4. The Bertz CT molecular complexity index is 855. The summed E-state index contributed by atoms with van der Waals surface area (Å²) in [5, 5.41) is 6.18. The van der Waals surface area contributed by atoms with Gasteiger partial charge in [-0.1, -0.05) is 12.1 Å². The number of rotatable bonds is 10. The van der Waals surface area contributed by atoms with E-state index in [1.165, 1.54) is 0 Å². The summed E-state index contributed by atoms with van der Waals surface area (Å²) in [6, 6.07) is 6.59. The topological polar surface area (TPSA) is 94.7 Å². The monoisotopic (exact) mass is 493 g/mol. The lowest BCUT2D eigenvalue weighted by atomic mass is 10.0. The van der Waals surface area contributed by atoms with Crippen LogP contribution in [0, 0.1) is 0 Å². The van der Waals surface area contributed by atoms with Crippen LogP contribution in [0.15, 0.2) is 24.3 Å². The molecule has 11 heteroatoms. The largest absolute Gasteiger partial charge is 0.497 e. The van der Waals surface area contributed by atoms with Crippen molar-refractivity contribution in [3.05, 3.63) is 29.8 Å². The van der Waals surface area contributed by atoms with Crippen molar-refractivity contribution in [2.24, 2.45) is 0 Å². The first-order valence-electron chi connectivity index (χ1n) is 11.4. The van der Waals surface area contributed by atoms with Crippen molar-refractivity contribution in [3.8, 4) is 5.75 Å². The number of benzene rings is 1. The van der Waals surface area contributed by atoms with Gasteiger partial charge in [0.25, 0.3) is 0 Å². The molecule has 3 rings (SSSR count). The number of nitrogens with zero attached hydrogens (tertiary/aromatic N) is 4. The van der Waals surface area contributed by atoms with E-state index in [2.05, 4.69) is 5.32 Å². The number of carbonyl (C=O) groups is 3. The molecule has 0 radical (unpaired) electrons. The zero-order chi connectivity index (χ0) is 24.7. The van der Waals surface area contributed by atoms with Crippen LogP contribution in [0.3, 0.4) is 0 Å². The van der Waals surface area contributed by atoms with Gasteiger partial charge in [0, 0.05) is 33.9 Å². The molecule has 2 aliphatic heterocycles. The molecule has 10 nitrogen and oxygen atoms in total. The lowest BCUT2D eigenvalue weighted by molar-refractivity contribution is -0.187. The van der Waals surface area contributed by atoms with Crippen molar-refractivity contribution in [1.29, 1.82) is 0 Å². The van der Waals surface area contributed by atoms with E-state index < -0.39 is 12.2 Å². The molecule has 2 fully saturated rings. The second-order valence-corrected chi connectivity index (χ2v) is 9.36. The number of nitrogens with one attached hydrogen (secondary N) is 1. The van der Waals surface area contributed by atoms with Crippen LogP contribution in [0.25, 0.3) is 0 Å². The predicted octanol–water partition coefficient (Wildman–Crippen LogP) is 1.22. The highest BCUT2D eigenvalue weighted by molar-refractivity contribution is 7.98. The van der Waals surface area contributed by atoms with E-state index in [1.807, 2.05) is 30.5 Å². The number of urea groups is 1. The van der Waals surface area contributed by atoms with Gasteiger partial charge in [0.2, 0.25) is 11.8 Å². The summed E-state index contributed by atoms with van der Waals surface area (Å²) >= 11 is 1.64. The van der Waals surface area contributed by atoms with Crippen molar-refractivity contribution < 1.29 is 23.9 Å². The Labute approximate surface area is 205 Å². The standard InChI is InChI=1S/C23H35N5O5S/c1-25-16-21(29)27-19(10-13-34-4)22(30)26(11-5-12-32-2)15-20(27)28(25)23(31)24-14-17-6-8-18(33-3)9-7-17/h6-9,19-20H,5,10-16H2,1-4H3,(H,24,31)/t19-,20-/m0/s1. The number of carbonyl (C=O) groups excluding carboxylic acids is 3. The molecule has 4 amide bonds. The SMILES string of the molecule is COCCCN1C[C@H]2N(C(=O)CN(C)N2C(=O)NCc2ccc(OC)cc2)[C@@H](CCSC)C1=O. The molecule has 2 heterocycles. The molecule has 34 heavy (non-hydrogen) atoms. The van der Waals surface area contributed by atoms with Crippen molar-refractivity contribution in [1.82, 2.24) is 25.1 Å². The maximum Gasteiger partial charge on any atom is 0.334 e. The minimum absolute atomic E-state index is 0.0409. The normalized spacial score (nSPS) is 21.0. The van der Waals surface area contributed by atoms with E-state index in [1.54, 1.807) is 52.8 Å². The average Bonchev–Trinajstić information content (AvgIpc) is 2.83. The van der Waals surface area contributed by atoms with E-state index in [4.69, 9.17) is 9.47 Å². The molecule has 0 unspecified atom stereocenters. The first-order valence-corrected chi connectivity index (χ1v) is 12.8.